The molecule has 0 saturated carbocycles. The van der Waals surface area contributed by atoms with Crippen LogP contribution in [0.15, 0.2) is 18.2 Å². The van der Waals surface area contributed by atoms with Crippen molar-refractivity contribution in [3.05, 3.63) is 23.8 Å². The first-order valence-corrected chi connectivity index (χ1v) is 6.44. The molecule has 0 radical (unpaired) electrons. The number of carboxylic acids is 1. The molecule has 1 aliphatic rings. The molecular weight excluding hydrogens is 262 g/mol. The number of aliphatic carboxylic acids is 1. The molecule has 0 aromatic heterocycles. The van der Waals surface area contributed by atoms with Crippen molar-refractivity contribution in [2.75, 3.05) is 20.3 Å². The van der Waals surface area contributed by atoms with E-state index in [-0.39, 0.29) is 5.91 Å². The number of hydrogen-bond donors (Lipinski definition) is 1. The zero-order valence-electron chi connectivity index (χ0n) is 11.5. The van der Waals surface area contributed by atoms with Gasteiger partial charge in [-0.2, -0.15) is 0 Å². The standard InChI is InChI=1S/C14H17NO5/c1-3-10(14(17)18)15(2)13(16)9-5-4-6-11-12(9)20-8-7-19-11/h4-6,10H,3,7-8H2,1-2H3,(H,17,18). The Morgan fingerprint density at radius 3 is 2.70 bits per heavy atom. The van der Waals surface area contributed by atoms with Crippen molar-refractivity contribution in [1.29, 1.82) is 0 Å². The summed E-state index contributed by atoms with van der Waals surface area (Å²) < 4.78 is 10.9. The Kier molecular flexibility index (Phi) is 4.12. The molecule has 1 amide bonds. The van der Waals surface area contributed by atoms with E-state index in [0.29, 0.717) is 36.7 Å². The Labute approximate surface area is 116 Å². The average Bonchev–Trinajstić information content (AvgIpc) is 2.46. The van der Waals surface area contributed by atoms with Crippen LogP contribution in [0.25, 0.3) is 0 Å². The van der Waals surface area contributed by atoms with Crippen molar-refractivity contribution < 1.29 is 24.2 Å². The van der Waals surface area contributed by atoms with E-state index in [9.17, 15) is 9.59 Å². The monoisotopic (exact) mass is 279 g/mol. The number of hydrogen-bond acceptors (Lipinski definition) is 4. The van der Waals surface area contributed by atoms with Gasteiger partial charge in [-0.15, -0.1) is 0 Å². The second-order valence-electron chi connectivity index (χ2n) is 4.51. The number of para-hydroxylation sites is 1. The maximum atomic E-state index is 12.4. The summed E-state index contributed by atoms with van der Waals surface area (Å²) in [6.07, 6.45) is 0.337. The molecule has 1 aromatic carbocycles. The van der Waals surface area contributed by atoms with Crippen LogP contribution in [0, 0.1) is 0 Å². The van der Waals surface area contributed by atoms with Gasteiger partial charge < -0.3 is 19.5 Å². The van der Waals surface area contributed by atoms with Gasteiger partial charge in [0.15, 0.2) is 11.5 Å². The molecule has 1 heterocycles. The number of fused-ring (bicyclic) bond motifs is 1. The highest BCUT2D eigenvalue weighted by atomic mass is 16.6. The lowest BCUT2D eigenvalue weighted by Gasteiger charge is -2.26. The Bertz CT molecular complexity index is 528. The second kappa shape index (κ2) is 5.81. The van der Waals surface area contributed by atoms with Crippen LogP contribution in [0.5, 0.6) is 11.5 Å². The van der Waals surface area contributed by atoms with Crippen molar-refractivity contribution in [1.82, 2.24) is 4.90 Å². The number of rotatable bonds is 4. The third-order valence-electron chi connectivity index (χ3n) is 3.26. The number of ether oxygens (including phenoxy) is 2. The minimum absolute atomic E-state index is 0.324. The number of nitrogens with zero attached hydrogens (tertiary/aromatic N) is 1. The van der Waals surface area contributed by atoms with Crippen LogP contribution in [0.1, 0.15) is 23.7 Å². The Morgan fingerprint density at radius 2 is 2.05 bits per heavy atom. The highest BCUT2D eigenvalue weighted by Gasteiger charge is 2.29. The largest absolute Gasteiger partial charge is 0.486 e. The van der Waals surface area contributed by atoms with Gasteiger partial charge in [-0.25, -0.2) is 4.79 Å². The summed E-state index contributed by atoms with van der Waals surface area (Å²) in [5.74, 6) is -0.512. The first-order chi connectivity index (χ1) is 9.56. The molecule has 20 heavy (non-hydrogen) atoms. The minimum atomic E-state index is -1.02. The Hall–Kier alpha value is -2.24. The molecule has 108 valence electrons. The van der Waals surface area contributed by atoms with Gasteiger partial charge in [0.25, 0.3) is 5.91 Å². The predicted octanol–water partition coefficient (Wildman–Crippen LogP) is 1.39. The summed E-state index contributed by atoms with van der Waals surface area (Å²) in [6.45, 7) is 2.53. The summed E-state index contributed by atoms with van der Waals surface area (Å²) >= 11 is 0. The molecular formula is C14H17NO5. The van der Waals surface area contributed by atoms with Crippen LogP contribution in [-0.2, 0) is 4.79 Å². The van der Waals surface area contributed by atoms with Gasteiger partial charge in [-0.3, -0.25) is 4.79 Å². The average molecular weight is 279 g/mol. The maximum absolute atomic E-state index is 12.4. The molecule has 1 aliphatic heterocycles. The molecule has 1 N–H and O–H groups in total. The molecule has 0 aliphatic carbocycles. The van der Waals surface area contributed by atoms with Gasteiger partial charge in [0.2, 0.25) is 0 Å². The van der Waals surface area contributed by atoms with Crippen LogP contribution in [0.3, 0.4) is 0 Å². The molecule has 1 aromatic rings. The first-order valence-electron chi connectivity index (χ1n) is 6.44. The topological polar surface area (TPSA) is 76.1 Å². The zero-order chi connectivity index (χ0) is 14.7. The van der Waals surface area contributed by atoms with E-state index in [0.717, 1.165) is 0 Å². The number of amides is 1. The van der Waals surface area contributed by atoms with E-state index in [4.69, 9.17) is 14.6 Å². The Morgan fingerprint density at radius 1 is 1.35 bits per heavy atom. The maximum Gasteiger partial charge on any atom is 0.326 e. The summed E-state index contributed by atoms with van der Waals surface area (Å²) in [4.78, 5) is 24.8. The molecule has 2 rings (SSSR count). The number of carboxylic acid groups (broad SMARTS) is 1. The zero-order valence-corrected chi connectivity index (χ0v) is 11.5. The van der Waals surface area contributed by atoms with Crippen LogP contribution in [0.4, 0.5) is 0 Å². The highest BCUT2D eigenvalue weighted by molar-refractivity contribution is 5.99. The molecule has 0 fully saturated rings. The lowest BCUT2D eigenvalue weighted by atomic mass is 10.1. The predicted molar refractivity (Wildman–Crippen MR) is 71.2 cm³/mol. The minimum Gasteiger partial charge on any atom is -0.486 e. The lowest BCUT2D eigenvalue weighted by Crippen LogP contribution is -2.42. The lowest BCUT2D eigenvalue weighted by molar-refractivity contribution is -0.142. The molecule has 0 spiro atoms. The van der Waals surface area contributed by atoms with E-state index in [1.54, 1.807) is 25.1 Å². The van der Waals surface area contributed by atoms with Gasteiger partial charge in [-0.1, -0.05) is 13.0 Å². The number of likely N-dealkylation sites (N-methyl/N-ethyl adjacent to an activating group) is 1. The molecule has 0 bridgehead atoms. The smallest absolute Gasteiger partial charge is 0.326 e. The number of carbonyl (C=O) groups excluding carboxylic acids is 1. The fourth-order valence-electron chi connectivity index (χ4n) is 2.19. The highest BCUT2D eigenvalue weighted by Crippen LogP contribution is 2.34. The van der Waals surface area contributed by atoms with Crippen molar-refractivity contribution >= 4 is 11.9 Å². The fourth-order valence-corrected chi connectivity index (χ4v) is 2.19. The van der Waals surface area contributed by atoms with Gasteiger partial charge in [0.05, 0.1) is 5.56 Å². The number of carbonyl (C=O) groups is 2. The van der Waals surface area contributed by atoms with Crippen molar-refractivity contribution in [2.24, 2.45) is 0 Å². The quantitative estimate of drug-likeness (QED) is 0.901. The summed E-state index contributed by atoms with van der Waals surface area (Å²) in [5, 5.41) is 9.13. The van der Waals surface area contributed by atoms with Crippen LogP contribution in [0.2, 0.25) is 0 Å². The fraction of sp³-hybridized carbons (Fsp3) is 0.429. The number of benzene rings is 1. The van der Waals surface area contributed by atoms with E-state index in [2.05, 4.69) is 0 Å². The van der Waals surface area contributed by atoms with Gasteiger partial charge in [0, 0.05) is 7.05 Å². The van der Waals surface area contributed by atoms with Crippen LogP contribution in [-0.4, -0.2) is 48.2 Å². The normalized spacial score (nSPS) is 14.5. The second-order valence-corrected chi connectivity index (χ2v) is 4.51. The molecule has 6 nitrogen and oxygen atoms in total. The first kappa shape index (κ1) is 14.2. The third kappa shape index (κ3) is 2.54. The summed E-state index contributed by atoms with van der Waals surface area (Å²) in [7, 11) is 1.48. The van der Waals surface area contributed by atoms with E-state index >= 15 is 0 Å². The van der Waals surface area contributed by atoms with Crippen molar-refractivity contribution in [3.8, 4) is 11.5 Å². The van der Waals surface area contributed by atoms with E-state index in [1.807, 2.05) is 0 Å². The van der Waals surface area contributed by atoms with Gasteiger partial charge >= 0.3 is 5.97 Å². The Balaban J connectivity index is 2.31. The van der Waals surface area contributed by atoms with Crippen molar-refractivity contribution in [3.63, 3.8) is 0 Å². The summed E-state index contributed by atoms with van der Waals surface area (Å²) in [5.41, 5.74) is 0.324. The molecule has 1 atom stereocenters. The van der Waals surface area contributed by atoms with E-state index < -0.39 is 12.0 Å². The summed E-state index contributed by atoms with van der Waals surface area (Å²) in [6, 6.07) is 4.17. The van der Waals surface area contributed by atoms with E-state index in [1.165, 1.54) is 11.9 Å². The SMILES string of the molecule is CCC(C(=O)O)N(C)C(=O)c1cccc2c1OCCO2. The van der Waals surface area contributed by atoms with Crippen LogP contribution < -0.4 is 9.47 Å². The molecule has 6 heteroatoms. The molecule has 1 unspecified atom stereocenters. The third-order valence-corrected chi connectivity index (χ3v) is 3.26. The van der Waals surface area contributed by atoms with Crippen LogP contribution >= 0.6 is 0 Å². The molecule has 0 saturated heterocycles. The van der Waals surface area contributed by atoms with Crippen molar-refractivity contribution in [2.45, 2.75) is 19.4 Å². The van der Waals surface area contributed by atoms with Gasteiger partial charge in [-0.05, 0) is 18.6 Å². The van der Waals surface area contributed by atoms with Gasteiger partial charge in [0.1, 0.15) is 19.3 Å².